The molecule has 0 spiro atoms. The Kier molecular flexibility index (Phi) is 5.77. The molecule has 0 bridgehead atoms. The predicted octanol–water partition coefficient (Wildman–Crippen LogP) is 3.72. The van der Waals surface area contributed by atoms with Crippen molar-refractivity contribution in [2.45, 2.75) is 26.3 Å². The van der Waals surface area contributed by atoms with Gasteiger partial charge in [-0.3, -0.25) is 9.59 Å². The molecular formula is C18H19ClN2O2. The van der Waals surface area contributed by atoms with Crippen LogP contribution in [0, 0.1) is 0 Å². The number of hydrogen-bond donors (Lipinski definition) is 2. The van der Waals surface area contributed by atoms with Gasteiger partial charge in [0.05, 0.1) is 0 Å². The molecule has 0 aliphatic carbocycles. The molecule has 2 rings (SSSR count). The van der Waals surface area contributed by atoms with Gasteiger partial charge in [0.25, 0.3) is 0 Å². The lowest BCUT2D eigenvalue weighted by Gasteiger charge is -2.09. The average molecular weight is 331 g/mol. The van der Waals surface area contributed by atoms with Crippen LogP contribution in [-0.4, -0.2) is 11.8 Å². The first-order valence-electron chi connectivity index (χ1n) is 7.39. The van der Waals surface area contributed by atoms with Crippen molar-refractivity contribution >= 4 is 29.1 Å². The van der Waals surface area contributed by atoms with Crippen molar-refractivity contribution in [2.75, 3.05) is 5.32 Å². The van der Waals surface area contributed by atoms with Gasteiger partial charge in [-0.2, -0.15) is 0 Å². The Balaban J connectivity index is 1.87. The third-order valence-corrected chi connectivity index (χ3v) is 3.66. The highest BCUT2D eigenvalue weighted by Crippen LogP contribution is 2.17. The summed E-state index contributed by atoms with van der Waals surface area (Å²) < 4.78 is 0. The molecule has 0 aromatic heterocycles. The maximum atomic E-state index is 11.9. The van der Waals surface area contributed by atoms with E-state index in [2.05, 4.69) is 24.5 Å². The summed E-state index contributed by atoms with van der Waals surface area (Å²) >= 11 is 5.79. The number of anilines is 1. The molecule has 2 amide bonds. The number of carbonyl (C=O) groups is 2. The van der Waals surface area contributed by atoms with E-state index in [9.17, 15) is 9.59 Å². The van der Waals surface area contributed by atoms with Crippen molar-refractivity contribution in [2.24, 2.45) is 0 Å². The maximum Gasteiger partial charge on any atom is 0.313 e. The van der Waals surface area contributed by atoms with Gasteiger partial charge < -0.3 is 10.6 Å². The largest absolute Gasteiger partial charge is 0.344 e. The molecule has 0 radical (unpaired) electrons. The standard InChI is InChI=1S/C18H19ClN2O2/c1-12(2)14-5-9-16(10-6-14)21-18(23)17(22)20-11-13-3-7-15(19)8-4-13/h3-10,12H,11H2,1-2H3,(H,20,22)(H,21,23). The molecule has 0 fully saturated rings. The molecule has 0 aliphatic rings. The van der Waals surface area contributed by atoms with E-state index in [-0.39, 0.29) is 6.54 Å². The molecule has 4 nitrogen and oxygen atoms in total. The highest BCUT2D eigenvalue weighted by atomic mass is 35.5. The summed E-state index contributed by atoms with van der Waals surface area (Å²) in [5, 5.41) is 5.78. The molecular weight excluding hydrogens is 312 g/mol. The molecule has 2 N–H and O–H groups in total. The van der Waals surface area contributed by atoms with Crippen LogP contribution in [0.2, 0.25) is 5.02 Å². The van der Waals surface area contributed by atoms with Crippen LogP contribution in [0.5, 0.6) is 0 Å². The van der Waals surface area contributed by atoms with Gasteiger partial charge in [-0.1, -0.05) is 49.7 Å². The Morgan fingerprint density at radius 1 is 0.957 bits per heavy atom. The number of nitrogens with one attached hydrogen (secondary N) is 2. The Morgan fingerprint density at radius 3 is 2.13 bits per heavy atom. The monoisotopic (exact) mass is 330 g/mol. The van der Waals surface area contributed by atoms with Gasteiger partial charge >= 0.3 is 11.8 Å². The summed E-state index contributed by atoms with van der Waals surface area (Å²) in [6.07, 6.45) is 0. The van der Waals surface area contributed by atoms with Crippen LogP contribution in [0.1, 0.15) is 30.9 Å². The highest BCUT2D eigenvalue weighted by molar-refractivity contribution is 6.39. The third-order valence-electron chi connectivity index (χ3n) is 3.41. The van der Waals surface area contributed by atoms with E-state index in [0.29, 0.717) is 16.6 Å². The number of halogens is 1. The lowest BCUT2D eigenvalue weighted by Crippen LogP contribution is -2.34. The molecule has 5 heteroatoms. The topological polar surface area (TPSA) is 58.2 Å². The van der Waals surface area contributed by atoms with E-state index in [1.54, 1.807) is 36.4 Å². The molecule has 120 valence electrons. The minimum Gasteiger partial charge on any atom is -0.344 e. The number of rotatable bonds is 4. The first-order valence-corrected chi connectivity index (χ1v) is 7.77. The molecule has 2 aromatic rings. The minimum absolute atomic E-state index is 0.274. The summed E-state index contributed by atoms with van der Waals surface area (Å²) in [5.74, 6) is -0.938. The summed E-state index contributed by atoms with van der Waals surface area (Å²) in [6, 6.07) is 14.5. The van der Waals surface area contributed by atoms with Gasteiger partial charge in [0.15, 0.2) is 0 Å². The van der Waals surface area contributed by atoms with Crippen LogP contribution in [0.15, 0.2) is 48.5 Å². The normalized spacial score (nSPS) is 10.4. The highest BCUT2D eigenvalue weighted by Gasteiger charge is 2.13. The fourth-order valence-electron chi connectivity index (χ4n) is 2.00. The van der Waals surface area contributed by atoms with Crippen molar-refractivity contribution in [3.05, 3.63) is 64.7 Å². The lowest BCUT2D eigenvalue weighted by atomic mass is 10.0. The van der Waals surface area contributed by atoms with E-state index in [4.69, 9.17) is 11.6 Å². The van der Waals surface area contributed by atoms with Gasteiger partial charge in [-0.15, -0.1) is 0 Å². The summed E-state index contributed by atoms with van der Waals surface area (Å²) in [4.78, 5) is 23.7. The van der Waals surface area contributed by atoms with Crippen molar-refractivity contribution < 1.29 is 9.59 Å². The number of benzene rings is 2. The summed E-state index contributed by atoms with van der Waals surface area (Å²) in [5.41, 5.74) is 2.65. The van der Waals surface area contributed by atoms with Gasteiger partial charge in [-0.05, 0) is 41.3 Å². The van der Waals surface area contributed by atoms with Gasteiger partial charge in [0.2, 0.25) is 0 Å². The quantitative estimate of drug-likeness (QED) is 0.839. The Hall–Kier alpha value is -2.33. The van der Waals surface area contributed by atoms with Crippen molar-refractivity contribution in [3.8, 4) is 0 Å². The molecule has 0 saturated carbocycles. The second kappa shape index (κ2) is 7.79. The molecule has 0 unspecified atom stereocenters. The molecule has 23 heavy (non-hydrogen) atoms. The Labute approximate surface area is 140 Å². The third kappa shape index (κ3) is 5.11. The van der Waals surface area contributed by atoms with Gasteiger partial charge in [0, 0.05) is 17.3 Å². The smallest absolute Gasteiger partial charge is 0.313 e. The average Bonchev–Trinajstić information content (AvgIpc) is 2.54. The zero-order chi connectivity index (χ0) is 16.8. The molecule has 2 aromatic carbocycles. The van der Waals surface area contributed by atoms with Crippen LogP contribution in [-0.2, 0) is 16.1 Å². The van der Waals surface area contributed by atoms with Gasteiger partial charge in [-0.25, -0.2) is 0 Å². The van der Waals surface area contributed by atoms with Crippen LogP contribution >= 0.6 is 11.6 Å². The minimum atomic E-state index is -0.684. The number of carbonyl (C=O) groups excluding carboxylic acids is 2. The van der Waals surface area contributed by atoms with Crippen molar-refractivity contribution in [1.29, 1.82) is 0 Å². The van der Waals surface area contributed by atoms with E-state index >= 15 is 0 Å². The van der Waals surface area contributed by atoms with Crippen molar-refractivity contribution in [1.82, 2.24) is 5.32 Å². The van der Waals surface area contributed by atoms with E-state index in [1.165, 1.54) is 5.56 Å². The lowest BCUT2D eigenvalue weighted by molar-refractivity contribution is -0.136. The Morgan fingerprint density at radius 2 is 1.57 bits per heavy atom. The molecule has 0 saturated heterocycles. The first kappa shape index (κ1) is 17.0. The molecule has 0 heterocycles. The maximum absolute atomic E-state index is 11.9. The van der Waals surface area contributed by atoms with Crippen molar-refractivity contribution in [3.63, 3.8) is 0 Å². The van der Waals surface area contributed by atoms with E-state index in [1.807, 2.05) is 12.1 Å². The van der Waals surface area contributed by atoms with E-state index < -0.39 is 11.8 Å². The number of amides is 2. The van der Waals surface area contributed by atoms with E-state index in [0.717, 1.165) is 5.56 Å². The predicted molar refractivity (Wildman–Crippen MR) is 92.5 cm³/mol. The summed E-state index contributed by atoms with van der Waals surface area (Å²) in [6.45, 7) is 4.46. The van der Waals surface area contributed by atoms with Crippen LogP contribution < -0.4 is 10.6 Å². The van der Waals surface area contributed by atoms with Gasteiger partial charge in [0.1, 0.15) is 0 Å². The Bertz CT molecular complexity index is 679. The summed E-state index contributed by atoms with van der Waals surface area (Å²) in [7, 11) is 0. The fraction of sp³-hybridized carbons (Fsp3) is 0.222. The fourth-order valence-corrected chi connectivity index (χ4v) is 2.13. The second-order valence-corrected chi connectivity index (χ2v) is 5.98. The zero-order valence-corrected chi connectivity index (χ0v) is 13.9. The zero-order valence-electron chi connectivity index (χ0n) is 13.1. The molecule has 0 aliphatic heterocycles. The second-order valence-electron chi connectivity index (χ2n) is 5.54. The van der Waals surface area contributed by atoms with Crippen LogP contribution in [0.3, 0.4) is 0 Å². The SMILES string of the molecule is CC(C)c1ccc(NC(=O)C(=O)NCc2ccc(Cl)cc2)cc1. The molecule has 0 atom stereocenters. The first-order chi connectivity index (χ1) is 11.0. The van der Waals surface area contributed by atoms with Crippen LogP contribution in [0.4, 0.5) is 5.69 Å². The number of hydrogen-bond acceptors (Lipinski definition) is 2. The van der Waals surface area contributed by atoms with Crippen LogP contribution in [0.25, 0.3) is 0 Å².